The maximum absolute atomic E-state index is 12.2. The predicted molar refractivity (Wildman–Crippen MR) is 83.2 cm³/mol. The standard InChI is InChI=1S/C17H31NO3/c1-3-4-6-14-8-9-17(19)16(14)11-18-10-5-7-15(18)12-21-13-20-2/h14-16H,3-13H2,1-2H3/t14-,15-,16+/m0/s1. The molecule has 2 fully saturated rings. The fourth-order valence-electron chi connectivity index (χ4n) is 3.88. The average molecular weight is 297 g/mol. The van der Waals surface area contributed by atoms with Crippen LogP contribution in [0.3, 0.4) is 0 Å². The highest BCUT2D eigenvalue weighted by Gasteiger charge is 2.37. The minimum absolute atomic E-state index is 0.277. The van der Waals surface area contributed by atoms with Crippen LogP contribution in [0.15, 0.2) is 0 Å². The van der Waals surface area contributed by atoms with Gasteiger partial charge in [0.05, 0.1) is 6.61 Å². The van der Waals surface area contributed by atoms with Crippen molar-refractivity contribution in [2.24, 2.45) is 11.8 Å². The second kappa shape index (κ2) is 8.86. The number of nitrogens with zero attached hydrogens (tertiary/aromatic N) is 1. The largest absolute Gasteiger partial charge is 0.359 e. The lowest BCUT2D eigenvalue weighted by molar-refractivity contribution is -0.122. The Morgan fingerprint density at radius 3 is 2.95 bits per heavy atom. The van der Waals surface area contributed by atoms with E-state index in [1.165, 1.54) is 32.1 Å². The monoisotopic (exact) mass is 297 g/mol. The SMILES string of the molecule is CCCC[C@H]1CCC(=O)[C@@H]1CN1CCC[C@H]1COCOC. The fraction of sp³-hybridized carbons (Fsp3) is 0.941. The van der Waals surface area contributed by atoms with Crippen molar-refractivity contribution < 1.29 is 14.3 Å². The van der Waals surface area contributed by atoms with Gasteiger partial charge in [-0.3, -0.25) is 9.69 Å². The van der Waals surface area contributed by atoms with Gasteiger partial charge in [0, 0.05) is 32.0 Å². The van der Waals surface area contributed by atoms with Gasteiger partial charge in [-0.05, 0) is 38.1 Å². The van der Waals surface area contributed by atoms with Crippen molar-refractivity contribution in [1.82, 2.24) is 4.90 Å². The molecule has 1 saturated carbocycles. The lowest BCUT2D eigenvalue weighted by Gasteiger charge is -2.29. The van der Waals surface area contributed by atoms with Crippen LogP contribution >= 0.6 is 0 Å². The third kappa shape index (κ3) is 4.76. The Balaban J connectivity index is 1.84. The number of carbonyl (C=O) groups is 1. The van der Waals surface area contributed by atoms with Gasteiger partial charge in [-0.1, -0.05) is 19.8 Å². The molecule has 0 spiro atoms. The Kier molecular flexibility index (Phi) is 7.14. The van der Waals surface area contributed by atoms with Crippen molar-refractivity contribution in [2.45, 2.75) is 57.9 Å². The molecule has 0 radical (unpaired) electrons. The summed E-state index contributed by atoms with van der Waals surface area (Å²) in [5, 5.41) is 0. The molecule has 21 heavy (non-hydrogen) atoms. The predicted octanol–water partition coefficient (Wildman–Crippen LogP) is 2.86. The molecule has 2 rings (SSSR count). The lowest BCUT2D eigenvalue weighted by Crippen LogP contribution is -2.39. The number of likely N-dealkylation sites (tertiary alicyclic amines) is 1. The fourth-order valence-corrected chi connectivity index (χ4v) is 3.88. The van der Waals surface area contributed by atoms with Gasteiger partial charge in [-0.15, -0.1) is 0 Å². The summed E-state index contributed by atoms with van der Waals surface area (Å²) in [5.74, 6) is 1.40. The van der Waals surface area contributed by atoms with Gasteiger partial charge in [0.25, 0.3) is 0 Å². The number of hydrogen-bond acceptors (Lipinski definition) is 4. The number of hydrogen-bond donors (Lipinski definition) is 0. The molecule has 0 unspecified atom stereocenters. The molecular weight excluding hydrogens is 266 g/mol. The third-order valence-corrected chi connectivity index (χ3v) is 5.11. The smallest absolute Gasteiger partial charge is 0.146 e. The van der Waals surface area contributed by atoms with Crippen LogP contribution in [-0.4, -0.2) is 50.3 Å². The summed E-state index contributed by atoms with van der Waals surface area (Å²) in [6.45, 7) is 5.40. The van der Waals surface area contributed by atoms with Gasteiger partial charge in [-0.2, -0.15) is 0 Å². The number of carbonyl (C=O) groups excluding carboxylic acids is 1. The van der Waals surface area contributed by atoms with Crippen LogP contribution in [-0.2, 0) is 14.3 Å². The molecule has 0 bridgehead atoms. The number of ketones is 1. The summed E-state index contributed by atoms with van der Waals surface area (Å²) >= 11 is 0. The maximum atomic E-state index is 12.2. The van der Waals surface area contributed by atoms with Gasteiger partial charge >= 0.3 is 0 Å². The van der Waals surface area contributed by atoms with Crippen LogP contribution in [0.2, 0.25) is 0 Å². The Morgan fingerprint density at radius 2 is 2.19 bits per heavy atom. The number of Topliss-reactive ketones (excluding diaryl/α,β-unsaturated/α-hetero) is 1. The van der Waals surface area contributed by atoms with Crippen molar-refractivity contribution in [3.05, 3.63) is 0 Å². The molecule has 0 amide bonds. The highest BCUT2D eigenvalue weighted by molar-refractivity contribution is 5.83. The molecule has 0 aromatic heterocycles. The van der Waals surface area contributed by atoms with Crippen molar-refractivity contribution >= 4 is 5.78 Å². The zero-order chi connectivity index (χ0) is 15.1. The Hall–Kier alpha value is -0.450. The second-order valence-corrected chi connectivity index (χ2v) is 6.58. The molecular formula is C17H31NO3. The van der Waals surface area contributed by atoms with Gasteiger partial charge in [-0.25, -0.2) is 0 Å². The van der Waals surface area contributed by atoms with Crippen LogP contribution < -0.4 is 0 Å². The highest BCUT2D eigenvalue weighted by Crippen LogP contribution is 2.34. The molecule has 1 aliphatic carbocycles. The van der Waals surface area contributed by atoms with Crippen LogP contribution in [0.4, 0.5) is 0 Å². The summed E-state index contributed by atoms with van der Waals surface area (Å²) in [7, 11) is 1.65. The molecule has 122 valence electrons. The van der Waals surface area contributed by atoms with E-state index in [1.54, 1.807) is 7.11 Å². The number of unbranched alkanes of at least 4 members (excludes halogenated alkanes) is 1. The highest BCUT2D eigenvalue weighted by atomic mass is 16.7. The number of methoxy groups -OCH3 is 1. The normalized spacial score (nSPS) is 30.4. The Morgan fingerprint density at radius 1 is 1.33 bits per heavy atom. The topological polar surface area (TPSA) is 38.8 Å². The van der Waals surface area contributed by atoms with E-state index in [4.69, 9.17) is 9.47 Å². The van der Waals surface area contributed by atoms with Gasteiger partial charge in [0.1, 0.15) is 12.6 Å². The molecule has 2 aliphatic rings. The van der Waals surface area contributed by atoms with Crippen molar-refractivity contribution in [2.75, 3.05) is 33.6 Å². The van der Waals surface area contributed by atoms with Crippen LogP contribution in [0, 0.1) is 11.8 Å². The van der Waals surface area contributed by atoms with Crippen LogP contribution in [0.5, 0.6) is 0 Å². The van der Waals surface area contributed by atoms with Crippen molar-refractivity contribution in [1.29, 1.82) is 0 Å². The number of ether oxygens (including phenoxy) is 2. The molecule has 4 heteroatoms. The molecule has 0 aromatic carbocycles. The van der Waals surface area contributed by atoms with E-state index in [0.717, 1.165) is 32.5 Å². The molecule has 4 nitrogen and oxygen atoms in total. The van der Waals surface area contributed by atoms with Crippen molar-refractivity contribution in [3.63, 3.8) is 0 Å². The average Bonchev–Trinajstić information content (AvgIpc) is 3.06. The van der Waals surface area contributed by atoms with E-state index in [0.29, 0.717) is 24.5 Å². The first kappa shape index (κ1) is 16.9. The van der Waals surface area contributed by atoms with E-state index in [-0.39, 0.29) is 5.92 Å². The quantitative estimate of drug-likeness (QED) is 0.484. The minimum atomic E-state index is 0.277. The van der Waals surface area contributed by atoms with E-state index in [9.17, 15) is 4.79 Å². The van der Waals surface area contributed by atoms with E-state index in [2.05, 4.69) is 11.8 Å². The zero-order valence-corrected chi connectivity index (χ0v) is 13.7. The minimum Gasteiger partial charge on any atom is -0.359 e. The molecule has 1 aliphatic heterocycles. The summed E-state index contributed by atoms with van der Waals surface area (Å²) in [5.41, 5.74) is 0. The van der Waals surface area contributed by atoms with Gasteiger partial charge in [0.15, 0.2) is 0 Å². The van der Waals surface area contributed by atoms with Crippen LogP contribution in [0.1, 0.15) is 51.9 Å². The Labute approximate surface area is 129 Å². The molecule has 1 saturated heterocycles. The first-order chi connectivity index (χ1) is 10.3. The molecule has 3 atom stereocenters. The van der Waals surface area contributed by atoms with Gasteiger partial charge in [0.2, 0.25) is 0 Å². The number of rotatable bonds is 9. The van der Waals surface area contributed by atoms with Crippen molar-refractivity contribution in [3.8, 4) is 0 Å². The molecule has 1 heterocycles. The molecule has 0 aromatic rings. The van der Waals surface area contributed by atoms with E-state index in [1.807, 2.05) is 0 Å². The summed E-state index contributed by atoms with van der Waals surface area (Å²) in [4.78, 5) is 14.7. The summed E-state index contributed by atoms with van der Waals surface area (Å²) in [6, 6.07) is 0.473. The van der Waals surface area contributed by atoms with E-state index >= 15 is 0 Å². The van der Waals surface area contributed by atoms with E-state index < -0.39 is 0 Å². The zero-order valence-electron chi connectivity index (χ0n) is 13.7. The Bertz CT molecular complexity index is 321. The lowest BCUT2D eigenvalue weighted by atomic mass is 9.90. The third-order valence-electron chi connectivity index (χ3n) is 5.11. The maximum Gasteiger partial charge on any atom is 0.146 e. The van der Waals surface area contributed by atoms with Gasteiger partial charge < -0.3 is 9.47 Å². The first-order valence-electron chi connectivity index (χ1n) is 8.59. The summed E-state index contributed by atoms with van der Waals surface area (Å²) in [6.07, 6.45) is 8.04. The first-order valence-corrected chi connectivity index (χ1v) is 8.59. The second-order valence-electron chi connectivity index (χ2n) is 6.58. The summed E-state index contributed by atoms with van der Waals surface area (Å²) < 4.78 is 10.5. The van der Waals surface area contributed by atoms with Crippen LogP contribution in [0.25, 0.3) is 0 Å². The molecule has 0 N–H and O–H groups in total.